The summed E-state index contributed by atoms with van der Waals surface area (Å²) in [6, 6.07) is 0. The topological polar surface area (TPSA) is 79.8 Å². The molecule has 0 unspecified atom stereocenters. The summed E-state index contributed by atoms with van der Waals surface area (Å²) in [5.41, 5.74) is 0. The lowest BCUT2D eigenvalue weighted by atomic mass is 10.1. The second kappa shape index (κ2) is 10.8. The van der Waals surface area contributed by atoms with Crippen molar-refractivity contribution in [3.63, 3.8) is 0 Å². The van der Waals surface area contributed by atoms with Gasteiger partial charge in [-0.05, 0) is 32.1 Å². The largest absolute Gasteiger partial charge is 0.382 e. The van der Waals surface area contributed by atoms with Crippen molar-refractivity contribution < 1.29 is 13.2 Å². The van der Waals surface area contributed by atoms with E-state index in [-0.39, 0.29) is 11.7 Å². The molecule has 0 saturated carbocycles. The molecule has 130 valence electrons. The summed E-state index contributed by atoms with van der Waals surface area (Å²) in [4.78, 5) is 4.55. The number of ether oxygens (including phenoxy) is 1. The number of guanidine groups is 1. The maximum Gasteiger partial charge on any atom is 0.191 e. The number of sulfone groups is 1. The molecular formula is C15H31N3O3S. The number of aliphatic imine (C=N–C) groups is 1. The van der Waals surface area contributed by atoms with Crippen LogP contribution in [0.2, 0.25) is 0 Å². The molecule has 1 rings (SSSR count). The van der Waals surface area contributed by atoms with Crippen molar-refractivity contribution in [2.75, 3.05) is 44.4 Å². The minimum Gasteiger partial charge on any atom is -0.382 e. The van der Waals surface area contributed by atoms with Crippen LogP contribution >= 0.6 is 0 Å². The number of hydrogen-bond donors (Lipinski definition) is 2. The van der Waals surface area contributed by atoms with E-state index in [1.54, 1.807) is 0 Å². The van der Waals surface area contributed by atoms with Crippen LogP contribution in [-0.2, 0) is 14.6 Å². The molecule has 1 fully saturated rings. The molecule has 1 saturated heterocycles. The van der Waals surface area contributed by atoms with Gasteiger partial charge in [-0.2, -0.15) is 0 Å². The van der Waals surface area contributed by atoms with E-state index in [1.165, 1.54) is 0 Å². The zero-order valence-electron chi connectivity index (χ0n) is 13.9. The van der Waals surface area contributed by atoms with Gasteiger partial charge in [0.15, 0.2) is 15.8 Å². The molecular weight excluding hydrogens is 302 g/mol. The van der Waals surface area contributed by atoms with Gasteiger partial charge in [0.2, 0.25) is 0 Å². The van der Waals surface area contributed by atoms with Crippen molar-refractivity contribution in [2.24, 2.45) is 10.9 Å². The summed E-state index contributed by atoms with van der Waals surface area (Å²) in [5.74, 6) is 1.55. The second-order valence-corrected chi connectivity index (χ2v) is 7.94. The predicted molar refractivity (Wildman–Crippen MR) is 91.1 cm³/mol. The molecule has 2 N–H and O–H groups in total. The molecule has 0 aromatic carbocycles. The van der Waals surface area contributed by atoms with E-state index in [4.69, 9.17) is 4.74 Å². The Morgan fingerprint density at radius 1 is 1.23 bits per heavy atom. The van der Waals surface area contributed by atoms with Gasteiger partial charge in [-0.25, -0.2) is 8.42 Å². The molecule has 22 heavy (non-hydrogen) atoms. The van der Waals surface area contributed by atoms with Crippen LogP contribution in [0.15, 0.2) is 4.99 Å². The van der Waals surface area contributed by atoms with Crippen molar-refractivity contribution >= 4 is 15.8 Å². The van der Waals surface area contributed by atoms with Gasteiger partial charge in [0.05, 0.1) is 11.5 Å². The molecule has 0 bridgehead atoms. The highest BCUT2D eigenvalue weighted by molar-refractivity contribution is 7.91. The second-order valence-electron chi connectivity index (χ2n) is 5.72. The van der Waals surface area contributed by atoms with Crippen LogP contribution in [0.25, 0.3) is 0 Å². The molecule has 0 spiro atoms. The minimum absolute atomic E-state index is 0.165. The van der Waals surface area contributed by atoms with Gasteiger partial charge in [0.25, 0.3) is 0 Å². The molecule has 0 aromatic heterocycles. The maximum absolute atomic E-state index is 11.5. The molecule has 0 aromatic rings. The fourth-order valence-corrected chi connectivity index (χ4v) is 4.17. The molecule has 1 heterocycles. The van der Waals surface area contributed by atoms with Crippen LogP contribution in [-0.4, -0.2) is 58.7 Å². The molecule has 1 aliphatic rings. The van der Waals surface area contributed by atoms with E-state index in [0.29, 0.717) is 12.3 Å². The number of hydrogen-bond acceptors (Lipinski definition) is 4. The average Bonchev–Trinajstić information content (AvgIpc) is 2.83. The van der Waals surface area contributed by atoms with Crippen LogP contribution in [0.1, 0.15) is 39.5 Å². The van der Waals surface area contributed by atoms with Crippen LogP contribution in [0.5, 0.6) is 0 Å². The number of unbranched alkanes of at least 4 members (excludes halogenated alkanes) is 1. The Hall–Kier alpha value is -0.820. The van der Waals surface area contributed by atoms with Gasteiger partial charge in [0.1, 0.15) is 0 Å². The average molecular weight is 333 g/mol. The van der Waals surface area contributed by atoms with Gasteiger partial charge in [-0.15, -0.1) is 0 Å². The van der Waals surface area contributed by atoms with Crippen LogP contribution in [0.3, 0.4) is 0 Å². The molecule has 6 nitrogen and oxygen atoms in total. The molecule has 1 aliphatic heterocycles. The zero-order chi connectivity index (χ0) is 16.3. The number of nitrogens with zero attached hydrogens (tertiary/aromatic N) is 1. The minimum atomic E-state index is -2.82. The van der Waals surface area contributed by atoms with Crippen LogP contribution in [0.4, 0.5) is 0 Å². The van der Waals surface area contributed by atoms with Crippen LogP contribution in [0, 0.1) is 5.92 Å². The van der Waals surface area contributed by atoms with Crippen LogP contribution < -0.4 is 10.6 Å². The normalized spacial score (nSPS) is 21.0. The summed E-state index contributed by atoms with van der Waals surface area (Å²) in [5, 5.41) is 6.60. The summed E-state index contributed by atoms with van der Waals surface area (Å²) in [6.45, 7) is 7.89. The molecule has 7 heteroatoms. The van der Waals surface area contributed by atoms with E-state index in [9.17, 15) is 8.42 Å². The first-order valence-corrected chi connectivity index (χ1v) is 10.2. The summed E-state index contributed by atoms with van der Waals surface area (Å²) in [7, 11) is -2.82. The third-order valence-corrected chi connectivity index (χ3v) is 5.46. The predicted octanol–water partition coefficient (Wildman–Crippen LogP) is 1.18. The first kappa shape index (κ1) is 19.2. The third-order valence-electron chi connectivity index (χ3n) is 3.62. The van der Waals surface area contributed by atoms with Gasteiger partial charge in [-0.1, -0.05) is 13.3 Å². The lowest BCUT2D eigenvalue weighted by Gasteiger charge is -2.13. The molecule has 1 atom stereocenters. The first-order chi connectivity index (χ1) is 10.6. The van der Waals surface area contributed by atoms with Crippen molar-refractivity contribution in [3.05, 3.63) is 0 Å². The molecule has 0 amide bonds. The monoisotopic (exact) mass is 333 g/mol. The Balaban J connectivity index is 2.36. The zero-order valence-corrected chi connectivity index (χ0v) is 14.8. The maximum atomic E-state index is 11.5. The van der Waals surface area contributed by atoms with Crippen molar-refractivity contribution in [1.29, 1.82) is 0 Å². The quantitative estimate of drug-likeness (QED) is 0.356. The van der Waals surface area contributed by atoms with Gasteiger partial charge >= 0.3 is 0 Å². The summed E-state index contributed by atoms with van der Waals surface area (Å²) >= 11 is 0. The highest BCUT2D eigenvalue weighted by Crippen LogP contribution is 2.18. The SMILES string of the molecule is CCCCNC(=NC[C@@H]1CCS(=O)(=O)C1)NCCCOCC. The fraction of sp³-hybridized carbons (Fsp3) is 0.933. The van der Waals surface area contributed by atoms with E-state index in [2.05, 4.69) is 22.5 Å². The number of nitrogens with one attached hydrogen (secondary N) is 2. The molecule has 0 aliphatic carbocycles. The first-order valence-electron chi connectivity index (χ1n) is 8.37. The summed E-state index contributed by atoms with van der Waals surface area (Å²) in [6.07, 6.45) is 3.89. The Morgan fingerprint density at radius 2 is 1.95 bits per heavy atom. The number of rotatable bonds is 10. The van der Waals surface area contributed by atoms with E-state index in [1.807, 2.05) is 6.92 Å². The Labute approximate surface area is 135 Å². The van der Waals surface area contributed by atoms with E-state index in [0.717, 1.165) is 57.9 Å². The van der Waals surface area contributed by atoms with Gasteiger partial charge in [-0.3, -0.25) is 4.99 Å². The highest BCUT2D eigenvalue weighted by atomic mass is 32.2. The van der Waals surface area contributed by atoms with Gasteiger partial charge < -0.3 is 15.4 Å². The van der Waals surface area contributed by atoms with Gasteiger partial charge in [0, 0.05) is 32.8 Å². The Kier molecular flexibility index (Phi) is 9.47. The van der Waals surface area contributed by atoms with Crippen molar-refractivity contribution in [3.8, 4) is 0 Å². The lowest BCUT2D eigenvalue weighted by Crippen LogP contribution is -2.39. The molecule has 0 radical (unpaired) electrons. The lowest BCUT2D eigenvalue weighted by molar-refractivity contribution is 0.145. The fourth-order valence-electron chi connectivity index (χ4n) is 2.32. The third kappa shape index (κ3) is 8.58. The summed E-state index contributed by atoms with van der Waals surface area (Å²) < 4.78 is 28.3. The smallest absolute Gasteiger partial charge is 0.191 e. The Morgan fingerprint density at radius 3 is 2.55 bits per heavy atom. The van der Waals surface area contributed by atoms with E-state index >= 15 is 0 Å². The van der Waals surface area contributed by atoms with Crippen molar-refractivity contribution in [1.82, 2.24) is 10.6 Å². The van der Waals surface area contributed by atoms with Crippen molar-refractivity contribution in [2.45, 2.75) is 39.5 Å². The standard InChI is InChI=1S/C15H31N3O3S/c1-3-5-8-16-15(17-9-6-10-21-4-2)18-12-14-7-11-22(19,20)13-14/h14H,3-13H2,1-2H3,(H2,16,17,18)/t14-/m0/s1. The Bertz CT molecular complexity index is 424. The highest BCUT2D eigenvalue weighted by Gasteiger charge is 2.27. The van der Waals surface area contributed by atoms with E-state index < -0.39 is 9.84 Å².